The number of alkyl halides is 3. The van der Waals surface area contributed by atoms with Gasteiger partial charge in [-0.2, -0.15) is 13.2 Å². The molecule has 1 unspecified atom stereocenters. The summed E-state index contributed by atoms with van der Waals surface area (Å²) >= 11 is 0. The topological polar surface area (TPSA) is 71.5 Å². The summed E-state index contributed by atoms with van der Waals surface area (Å²) in [6.45, 7) is -1.78. The Labute approximate surface area is 196 Å². The molecule has 0 aliphatic heterocycles. The number of aliphatic hydroxyl groups is 1. The average molecular weight is 498 g/mol. The summed E-state index contributed by atoms with van der Waals surface area (Å²) in [5.74, 6) is -3.55. The Morgan fingerprint density at radius 3 is 2.37 bits per heavy atom. The average Bonchev–Trinajstić information content (AvgIpc) is 2.79. The minimum atomic E-state index is -4.50. The molecule has 0 aliphatic carbocycles. The highest BCUT2D eigenvalue weighted by Crippen LogP contribution is 2.26. The Morgan fingerprint density at radius 1 is 1.00 bits per heavy atom. The summed E-state index contributed by atoms with van der Waals surface area (Å²) in [5, 5.41) is 12.0. The molecule has 3 aromatic rings. The molecule has 0 radical (unpaired) electrons. The van der Waals surface area contributed by atoms with Crippen LogP contribution >= 0.6 is 0 Å². The van der Waals surface area contributed by atoms with E-state index in [0.29, 0.717) is 5.56 Å². The second-order valence-corrected chi connectivity index (χ2v) is 7.57. The van der Waals surface area contributed by atoms with E-state index in [0.717, 1.165) is 24.4 Å². The van der Waals surface area contributed by atoms with Crippen molar-refractivity contribution in [1.29, 1.82) is 0 Å². The first-order valence-electron chi connectivity index (χ1n) is 10.4. The van der Waals surface area contributed by atoms with Crippen molar-refractivity contribution in [2.75, 3.05) is 13.2 Å². The Hall–Kier alpha value is -3.60. The minimum Gasteiger partial charge on any atom is -0.483 e. The molecule has 5 nitrogen and oxygen atoms in total. The highest BCUT2D eigenvalue weighted by molar-refractivity contribution is 5.79. The standard InChI is InChI=1S/C24H20F6N2O3/c25-18-5-2-15(11-20(18)27)17-4-1-14(9-19(17)26)10-23(34)32-22(7-8-33)21-6-3-16(12-31-21)35-13-24(28,29)30/h1-6,9,11-12,22,33H,7-8,10,13H2,(H,32,34). The van der Waals surface area contributed by atoms with E-state index >= 15 is 0 Å². The molecule has 186 valence electrons. The maximum Gasteiger partial charge on any atom is 0.422 e. The van der Waals surface area contributed by atoms with Crippen molar-refractivity contribution in [3.05, 3.63) is 83.4 Å². The molecule has 1 atom stereocenters. The second-order valence-electron chi connectivity index (χ2n) is 7.57. The third-order valence-corrected chi connectivity index (χ3v) is 4.90. The highest BCUT2D eigenvalue weighted by atomic mass is 19.4. The maximum absolute atomic E-state index is 14.6. The number of carbonyl (C=O) groups is 1. The summed E-state index contributed by atoms with van der Waals surface area (Å²) in [6.07, 6.45) is -3.59. The van der Waals surface area contributed by atoms with Crippen molar-refractivity contribution in [3.8, 4) is 16.9 Å². The van der Waals surface area contributed by atoms with Crippen molar-refractivity contribution in [2.24, 2.45) is 0 Å². The van der Waals surface area contributed by atoms with Crippen LogP contribution in [-0.4, -0.2) is 35.4 Å². The minimum absolute atomic E-state index is 0.0308. The zero-order valence-corrected chi connectivity index (χ0v) is 18.1. The SMILES string of the molecule is O=C(Cc1ccc(-c2ccc(F)c(F)c2)c(F)c1)NC(CCO)c1ccc(OCC(F)(F)F)cn1. The lowest BCUT2D eigenvalue weighted by atomic mass is 10.0. The van der Waals surface area contributed by atoms with Gasteiger partial charge in [-0.3, -0.25) is 9.78 Å². The largest absolute Gasteiger partial charge is 0.483 e. The van der Waals surface area contributed by atoms with Crippen LogP contribution in [0.2, 0.25) is 0 Å². The van der Waals surface area contributed by atoms with E-state index < -0.39 is 42.2 Å². The van der Waals surface area contributed by atoms with Crippen LogP contribution in [-0.2, 0) is 11.2 Å². The Morgan fingerprint density at radius 2 is 1.77 bits per heavy atom. The number of amides is 1. The number of aromatic nitrogens is 1. The molecule has 0 fully saturated rings. The van der Waals surface area contributed by atoms with Crippen LogP contribution in [0.4, 0.5) is 26.3 Å². The van der Waals surface area contributed by atoms with E-state index in [1.807, 2.05) is 0 Å². The molecule has 1 amide bonds. The molecular weight excluding hydrogens is 478 g/mol. The van der Waals surface area contributed by atoms with Gasteiger partial charge in [-0.15, -0.1) is 0 Å². The Balaban J connectivity index is 1.66. The van der Waals surface area contributed by atoms with Gasteiger partial charge in [0.05, 0.1) is 24.4 Å². The number of benzene rings is 2. The van der Waals surface area contributed by atoms with Crippen LogP contribution < -0.4 is 10.1 Å². The van der Waals surface area contributed by atoms with Crippen LogP contribution in [0.5, 0.6) is 5.75 Å². The Kier molecular flexibility index (Phi) is 8.34. The molecule has 1 heterocycles. The van der Waals surface area contributed by atoms with Crippen LogP contribution in [0, 0.1) is 17.5 Å². The third-order valence-electron chi connectivity index (χ3n) is 4.90. The fourth-order valence-corrected chi connectivity index (χ4v) is 3.27. The smallest absolute Gasteiger partial charge is 0.422 e. The number of pyridine rings is 1. The molecule has 1 aromatic heterocycles. The lowest BCUT2D eigenvalue weighted by Crippen LogP contribution is -2.31. The van der Waals surface area contributed by atoms with Gasteiger partial charge in [-0.05, 0) is 47.9 Å². The van der Waals surface area contributed by atoms with E-state index in [-0.39, 0.29) is 42.0 Å². The Bertz CT molecular complexity index is 1170. The highest BCUT2D eigenvalue weighted by Gasteiger charge is 2.28. The number of aliphatic hydroxyl groups excluding tert-OH is 1. The monoisotopic (exact) mass is 498 g/mol. The number of nitrogens with zero attached hydrogens (tertiary/aromatic N) is 1. The van der Waals surface area contributed by atoms with Gasteiger partial charge in [0.15, 0.2) is 18.2 Å². The number of nitrogens with one attached hydrogen (secondary N) is 1. The maximum atomic E-state index is 14.6. The van der Waals surface area contributed by atoms with Gasteiger partial charge in [-0.1, -0.05) is 18.2 Å². The van der Waals surface area contributed by atoms with E-state index in [4.69, 9.17) is 0 Å². The molecule has 0 bridgehead atoms. The fraction of sp³-hybridized carbons (Fsp3) is 0.250. The van der Waals surface area contributed by atoms with Gasteiger partial charge < -0.3 is 15.2 Å². The number of hydrogen-bond donors (Lipinski definition) is 2. The normalized spacial score (nSPS) is 12.3. The molecule has 3 rings (SSSR count). The van der Waals surface area contributed by atoms with Gasteiger partial charge in [0.2, 0.25) is 5.91 Å². The molecule has 0 aliphatic rings. The number of carbonyl (C=O) groups excluding carboxylic acids is 1. The van der Waals surface area contributed by atoms with Gasteiger partial charge in [-0.25, -0.2) is 13.2 Å². The van der Waals surface area contributed by atoms with Gasteiger partial charge in [0.25, 0.3) is 0 Å². The zero-order chi connectivity index (χ0) is 25.6. The van der Waals surface area contributed by atoms with Gasteiger partial charge in [0, 0.05) is 12.2 Å². The summed E-state index contributed by atoms with van der Waals surface area (Å²) < 4.78 is 82.5. The fourth-order valence-electron chi connectivity index (χ4n) is 3.27. The number of halogens is 6. The van der Waals surface area contributed by atoms with E-state index in [9.17, 15) is 36.2 Å². The molecular formula is C24H20F6N2O3. The lowest BCUT2D eigenvalue weighted by Gasteiger charge is -2.18. The molecule has 35 heavy (non-hydrogen) atoms. The first-order valence-corrected chi connectivity index (χ1v) is 10.4. The van der Waals surface area contributed by atoms with Crippen LogP contribution in [0.3, 0.4) is 0 Å². The summed E-state index contributed by atoms with van der Waals surface area (Å²) in [7, 11) is 0. The number of rotatable bonds is 9. The number of hydrogen-bond acceptors (Lipinski definition) is 4. The molecule has 11 heteroatoms. The van der Waals surface area contributed by atoms with Crippen LogP contribution in [0.15, 0.2) is 54.7 Å². The van der Waals surface area contributed by atoms with E-state index in [2.05, 4.69) is 15.0 Å². The quantitative estimate of drug-likeness (QED) is 0.413. The molecule has 2 N–H and O–H groups in total. The lowest BCUT2D eigenvalue weighted by molar-refractivity contribution is -0.153. The summed E-state index contributed by atoms with van der Waals surface area (Å²) in [5.41, 5.74) is 0.752. The van der Waals surface area contributed by atoms with Crippen molar-refractivity contribution in [1.82, 2.24) is 10.3 Å². The van der Waals surface area contributed by atoms with Crippen molar-refractivity contribution < 1.29 is 41.0 Å². The van der Waals surface area contributed by atoms with Crippen molar-refractivity contribution >= 4 is 5.91 Å². The van der Waals surface area contributed by atoms with Crippen LogP contribution in [0.25, 0.3) is 11.1 Å². The third kappa shape index (κ3) is 7.44. The molecule has 0 saturated heterocycles. The second kappa shape index (κ2) is 11.2. The van der Waals surface area contributed by atoms with Crippen LogP contribution in [0.1, 0.15) is 23.7 Å². The molecule has 2 aromatic carbocycles. The summed E-state index contributed by atoms with van der Waals surface area (Å²) in [4.78, 5) is 16.5. The van der Waals surface area contributed by atoms with E-state index in [1.165, 1.54) is 30.3 Å². The van der Waals surface area contributed by atoms with Gasteiger partial charge >= 0.3 is 6.18 Å². The van der Waals surface area contributed by atoms with Crippen molar-refractivity contribution in [3.63, 3.8) is 0 Å². The molecule has 0 spiro atoms. The van der Waals surface area contributed by atoms with Gasteiger partial charge in [0.1, 0.15) is 11.6 Å². The zero-order valence-electron chi connectivity index (χ0n) is 18.1. The number of ether oxygens (including phenoxy) is 1. The summed E-state index contributed by atoms with van der Waals surface area (Å²) in [6, 6.07) is 8.76. The predicted octanol–water partition coefficient (Wildman–Crippen LogP) is 4.89. The first-order chi connectivity index (χ1) is 16.6. The molecule has 0 saturated carbocycles. The predicted molar refractivity (Wildman–Crippen MR) is 114 cm³/mol. The first kappa shape index (κ1) is 26.0. The van der Waals surface area contributed by atoms with E-state index in [1.54, 1.807) is 0 Å². The van der Waals surface area contributed by atoms with Crippen molar-refractivity contribution in [2.45, 2.75) is 25.1 Å².